The van der Waals surface area contributed by atoms with Crippen molar-refractivity contribution in [3.8, 4) is 0 Å². The van der Waals surface area contributed by atoms with Crippen LogP contribution in [0.25, 0.3) is 0 Å². The Bertz CT molecular complexity index is 769. The van der Waals surface area contributed by atoms with Crippen molar-refractivity contribution in [2.75, 3.05) is 19.6 Å². The fraction of sp³-hybridized carbons (Fsp3) is 0.316. The number of carbonyl (C=O) groups excluding carboxylic acids is 2. The number of hydrogen-bond acceptors (Lipinski definition) is 5. The second kappa shape index (κ2) is 7.74. The maximum atomic E-state index is 13.2. The Hall–Kier alpha value is -2.61. The summed E-state index contributed by atoms with van der Waals surface area (Å²) in [6.45, 7) is 1.24. The first-order valence-electron chi connectivity index (χ1n) is 8.55. The normalized spacial score (nSPS) is 23.5. The second-order valence-corrected chi connectivity index (χ2v) is 6.58. The van der Waals surface area contributed by atoms with Crippen LogP contribution in [0, 0.1) is 5.21 Å². The number of primary amides is 1. The topological polar surface area (TPSA) is 99.4 Å². The minimum Gasteiger partial charge on any atom is -0.625 e. The van der Waals surface area contributed by atoms with E-state index in [2.05, 4.69) is 4.98 Å². The van der Waals surface area contributed by atoms with Gasteiger partial charge in [0.1, 0.15) is 0 Å². The summed E-state index contributed by atoms with van der Waals surface area (Å²) in [5.74, 6) is -1.28. The van der Waals surface area contributed by atoms with Gasteiger partial charge in [-0.3, -0.25) is 19.3 Å². The summed E-state index contributed by atoms with van der Waals surface area (Å²) < 4.78 is -1.19. The van der Waals surface area contributed by atoms with E-state index >= 15 is 0 Å². The fourth-order valence-electron chi connectivity index (χ4n) is 3.30. The largest absolute Gasteiger partial charge is 0.625 e. The van der Waals surface area contributed by atoms with Gasteiger partial charge in [-0.1, -0.05) is 30.3 Å². The van der Waals surface area contributed by atoms with Crippen LogP contribution in [-0.2, 0) is 22.6 Å². The molecule has 3 rings (SSSR count). The van der Waals surface area contributed by atoms with Crippen molar-refractivity contribution in [1.82, 2.24) is 9.88 Å². The number of carbonyl (C=O) groups is 2. The molecule has 2 heterocycles. The number of nitrogens with two attached hydrogens (primary N) is 1. The molecule has 1 aromatic carbocycles. The van der Waals surface area contributed by atoms with E-state index < -0.39 is 22.5 Å². The minimum absolute atomic E-state index is 0.0182. The van der Waals surface area contributed by atoms with Crippen molar-refractivity contribution in [3.05, 3.63) is 71.2 Å². The molecule has 0 bridgehead atoms. The van der Waals surface area contributed by atoms with Gasteiger partial charge >= 0.3 is 5.91 Å². The first-order chi connectivity index (χ1) is 12.5. The minimum atomic E-state index is -1.19. The van der Waals surface area contributed by atoms with E-state index in [1.54, 1.807) is 24.5 Å². The van der Waals surface area contributed by atoms with E-state index in [9.17, 15) is 14.8 Å². The van der Waals surface area contributed by atoms with E-state index in [4.69, 9.17) is 5.73 Å². The van der Waals surface area contributed by atoms with Crippen molar-refractivity contribution in [2.24, 2.45) is 5.73 Å². The molecule has 136 valence electrons. The van der Waals surface area contributed by atoms with E-state index in [0.29, 0.717) is 18.7 Å². The molecule has 0 spiro atoms. The number of rotatable bonds is 5. The highest BCUT2D eigenvalue weighted by molar-refractivity contribution is 5.83. The number of piperazine rings is 1. The zero-order valence-corrected chi connectivity index (χ0v) is 14.5. The van der Waals surface area contributed by atoms with Crippen molar-refractivity contribution < 1.29 is 14.2 Å². The number of aromatic nitrogens is 1. The van der Waals surface area contributed by atoms with Crippen LogP contribution in [0.3, 0.4) is 0 Å². The lowest BCUT2D eigenvalue weighted by Crippen LogP contribution is -2.68. The Morgan fingerprint density at radius 1 is 1.15 bits per heavy atom. The lowest BCUT2D eigenvalue weighted by molar-refractivity contribution is -0.827. The van der Waals surface area contributed by atoms with E-state index in [1.807, 2.05) is 35.2 Å². The Morgan fingerprint density at radius 2 is 1.85 bits per heavy atom. The number of nitrogens with zero attached hydrogens (tertiary/aromatic N) is 3. The Labute approximate surface area is 152 Å². The fourth-order valence-corrected chi connectivity index (χ4v) is 3.30. The number of quaternary nitrogens is 1. The van der Waals surface area contributed by atoms with Gasteiger partial charge in [-0.05, 0) is 23.3 Å². The molecule has 7 heteroatoms. The molecule has 2 amide bonds. The summed E-state index contributed by atoms with van der Waals surface area (Å²) in [7, 11) is 0. The van der Waals surface area contributed by atoms with Crippen molar-refractivity contribution in [3.63, 3.8) is 0 Å². The maximum Gasteiger partial charge on any atom is 0.318 e. The molecule has 1 aromatic heterocycles. The van der Waals surface area contributed by atoms with Crippen LogP contribution >= 0.6 is 0 Å². The van der Waals surface area contributed by atoms with Crippen molar-refractivity contribution in [1.29, 1.82) is 0 Å². The van der Waals surface area contributed by atoms with Crippen LogP contribution < -0.4 is 5.73 Å². The van der Waals surface area contributed by atoms with E-state index in [0.717, 1.165) is 5.56 Å². The molecule has 2 aromatic rings. The third-order valence-corrected chi connectivity index (χ3v) is 4.79. The van der Waals surface area contributed by atoms with Gasteiger partial charge in [-0.2, -0.15) is 0 Å². The highest BCUT2D eigenvalue weighted by Crippen LogP contribution is 2.22. The molecule has 26 heavy (non-hydrogen) atoms. The third-order valence-electron chi connectivity index (χ3n) is 4.79. The number of benzene rings is 1. The molecule has 1 fully saturated rings. The average Bonchev–Trinajstić information content (AvgIpc) is 2.65. The first-order valence-corrected chi connectivity index (χ1v) is 8.55. The lowest BCUT2D eigenvalue weighted by Gasteiger charge is -2.50. The maximum absolute atomic E-state index is 13.2. The zero-order chi connectivity index (χ0) is 18.6. The van der Waals surface area contributed by atoms with Crippen molar-refractivity contribution >= 4 is 11.8 Å². The van der Waals surface area contributed by atoms with Gasteiger partial charge in [-0.15, -0.1) is 0 Å². The third kappa shape index (κ3) is 3.96. The molecule has 0 aliphatic carbocycles. The summed E-state index contributed by atoms with van der Waals surface area (Å²) in [6.07, 6.45) is 3.11. The molecular formula is C19H22N4O3. The lowest BCUT2D eigenvalue weighted by atomic mass is 10.1. The van der Waals surface area contributed by atoms with E-state index in [1.165, 1.54) is 0 Å². The van der Waals surface area contributed by atoms with Crippen LogP contribution in [-0.4, -0.2) is 52.0 Å². The van der Waals surface area contributed by atoms with Crippen LogP contribution in [0.4, 0.5) is 0 Å². The standard InChI is InChI=1S/C19H22N4O3/c20-19(25)17-14-22(13-16-4-2-1-3-5-16)10-11-23(17,26)18(24)12-15-6-8-21-9-7-15/h1-9,17H,10-14H2,(H2,20,25)/t17-,23?/m1/s1. The molecular weight excluding hydrogens is 332 g/mol. The van der Waals surface area contributed by atoms with Gasteiger partial charge < -0.3 is 10.9 Å². The smallest absolute Gasteiger partial charge is 0.318 e. The molecule has 2 atom stereocenters. The predicted octanol–water partition coefficient (Wildman–Crippen LogP) is 0.835. The zero-order valence-electron chi connectivity index (χ0n) is 14.5. The number of pyridine rings is 1. The first kappa shape index (κ1) is 18.2. The summed E-state index contributed by atoms with van der Waals surface area (Å²) in [5.41, 5.74) is 7.28. The van der Waals surface area contributed by atoms with Crippen LogP contribution in [0.15, 0.2) is 54.9 Å². The van der Waals surface area contributed by atoms with Crippen molar-refractivity contribution in [2.45, 2.75) is 19.0 Å². The predicted molar refractivity (Wildman–Crippen MR) is 96.1 cm³/mol. The molecule has 0 saturated carbocycles. The number of amides is 2. The monoisotopic (exact) mass is 354 g/mol. The number of hydroxylamine groups is 3. The quantitative estimate of drug-likeness (QED) is 0.633. The SMILES string of the molecule is NC(=O)[C@H]1CN(Cc2ccccc2)CC[N+]1([O-])C(=O)Cc1ccncc1. The Morgan fingerprint density at radius 3 is 2.50 bits per heavy atom. The molecule has 1 aliphatic heterocycles. The highest BCUT2D eigenvalue weighted by atomic mass is 16.6. The van der Waals surface area contributed by atoms with Gasteiger partial charge in [0.25, 0.3) is 5.91 Å². The van der Waals surface area contributed by atoms with Gasteiger partial charge in [0.15, 0.2) is 6.04 Å². The molecule has 0 radical (unpaired) electrons. The van der Waals surface area contributed by atoms with Crippen LogP contribution in [0.2, 0.25) is 0 Å². The summed E-state index contributed by atoms with van der Waals surface area (Å²) in [4.78, 5) is 30.5. The Balaban J connectivity index is 1.73. The molecule has 2 N–H and O–H groups in total. The Kier molecular flexibility index (Phi) is 5.41. The summed E-state index contributed by atoms with van der Waals surface area (Å²) in [6, 6.07) is 12.1. The van der Waals surface area contributed by atoms with E-state index in [-0.39, 0.29) is 19.5 Å². The van der Waals surface area contributed by atoms with Gasteiger partial charge in [0.05, 0.1) is 19.5 Å². The van der Waals surface area contributed by atoms with Crippen LogP contribution in [0.1, 0.15) is 11.1 Å². The molecule has 1 unspecified atom stereocenters. The summed E-state index contributed by atoms with van der Waals surface area (Å²) in [5, 5.41) is 13.2. The second-order valence-electron chi connectivity index (χ2n) is 6.58. The van der Waals surface area contributed by atoms with Gasteiger partial charge in [-0.25, -0.2) is 4.79 Å². The highest BCUT2D eigenvalue weighted by Gasteiger charge is 2.44. The number of hydrogen-bond donors (Lipinski definition) is 1. The van der Waals surface area contributed by atoms with Gasteiger partial charge in [0.2, 0.25) is 0 Å². The molecule has 7 nitrogen and oxygen atoms in total. The van der Waals surface area contributed by atoms with Gasteiger partial charge in [0, 0.05) is 25.5 Å². The average molecular weight is 354 g/mol. The molecule has 1 aliphatic rings. The molecule has 1 saturated heterocycles. The summed E-state index contributed by atoms with van der Waals surface area (Å²) >= 11 is 0. The van der Waals surface area contributed by atoms with Crippen LogP contribution in [0.5, 0.6) is 0 Å².